The van der Waals surface area contributed by atoms with Gasteiger partial charge in [-0.3, -0.25) is 10.1 Å². The first-order chi connectivity index (χ1) is 17.6. The SMILES string of the molecule is Cc1cc(-c2noc(-c3cc(OCc4ccccc4)c(OCc4ccccc4)c([N+](=O)[O-])c3)n2)on1. The molecule has 0 unspecified atom stereocenters. The Labute approximate surface area is 205 Å². The molecule has 0 radical (unpaired) electrons. The molecule has 0 saturated carbocycles. The maximum Gasteiger partial charge on any atom is 0.315 e. The number of nitro benzene ring substituents is 1. The van der Waals surface area contributed by atoms with Gasteiger partial charge in [0.2, 0.25) is 17.3 Å². The average Bonchev–Trinajstić information content (AvgIpc) is 3.56. The number of benzene rings is 3. The molecule has 10 heteroatoms. The van der Waals surface area contributed by atoms with Crippen molar-refractivity contribution in [1.29, 1.82) is 0 Å². The zero-order chi connectivity index (χ0) is 24.9. The van der Waals surface area contributed by atoms with E-state index in [1.807, 2.05) is 60.7 Å². The second-order valence-corrected chi connectivity index (χ2v) is 7.88. The van der Waals surface area contributed by atoms with Crippen LogP contribution in [0.25, 0.3) is 23.0 Å². The summed E-state index contributed by atoms with van der Waals surface area (Å²) < 4.78 is 22.5. The van der Waals surface area contributed by atoms with E-state index < -0.39 is 4.92 Å². The summed E-state index contributed by atoms with van der Waals surface area (Å²) in [5.41, 5.74) is 2.41. The van der Waals surface area contributed by atoms with Crippen LogP contribution in [0.5, 0.6) is 11.5 Å². The van der Waals surface area contributed by atoms with Gasteiger partial charge in [-0.2, -0.15) is 4.98 Å². The van der Waals surface area contributed by atoms with Gasteiger partial charge in [0.05, 0.1) is 16.2 Å². The molecule has 0 atom stereocenters. The Morgan fingerprint density at radius 2 is 1.53 bits per heavy atom. The third kappa shape index (κ3) is 5.07. The summed E-state index contributed by atoms with van der Waals surface area (Å²) in [6.07, 6.45) is 0. The number of hydrogen-bond donors (Lipinski definition) is 0. The lowest BCUT2D eigenvalue weighted by Crippen LogP contribution is -2.04. The predicted molar refractivity (Wildman–Crippen MR) is 128 cm³/mol. The molecular weight excluding hydrogens is 464 g/mol. The lowest BCUT2D eigenvalue weighted by atomic mass is 10.1. The maximum absolute atomic E-state index is 12.1. The van der Waals surface area contributed by atoms with Crippen LogP contribution in [0.4, 0.5) is 5.69 Å². The molecule has 36 heavy (non-hydrogen) atoms. The molecule has 0 spiro atoms. The van der Waals surface area contributed by atoms with Gasteiger partial charge < -0.3 is 18.5 Å². The van der Waals surface area contributed by atoms with E-state index in [2.05, 4.69) is 15.3 Å². The quantitative estimate of drug-likeness (QED) is 0.189. The lowest BCUT2D eigenvalue weighted by Gasteiger charge is -2.14. The van der Waals surface area contributed by atoms with E-state index in [1.54, 1.807) is 19.1 Å². The van der Waals surface area contributed by atoms with Crippen molar-refractivity contribution in [2.45, 2.75) is 20.1 Å². The Morgan fingerprint density at radius 3 is 2.14 bits per heavy atom. The number of ether oxygens (including phenoxy) is 2. The van der Waals surface area contributed by atoms with Crippen LogP contribution < -0.4 is 9.47 Å². The fourth-order valence-corrected chi connectivity index (χ4v) is 3.47. The highest BCUT2D eigenvalue weighted by molar-refractivity contribution is 5.69. The fourth-order valence-electron chi connectivity index (χ4n) is 3.47. The summed E-state index contributed by atoms with van der Waals surface area (Å²) in [5, 5.41) is 19.8. The number of hydrogen-bond acceptors (Lipinski definition) is 9. The van der Waals surface area contributed by atoms with Crippen molar-refractivity contribution in [2.24, 2.45) is 0 Å². The normalized spacial score (nSPS) is 10.8. The number of nitro groups is 1. The van der Waals surface area contributed by atoms with Crippen molar-refractivity contribution < 1.29 is 23.4 Å². The van der Waals surface area contributed by atoms with Crippen LogP contribution in [0.3, 0.4) is 0 Å². The Bertz CT molecular complexity index is 1480. The largest absolute Gasteiger partial charge is 0.485 e. The van der Waals surface area contributed by atoms with Gasteiger partial charge in [0.1, 0.15) is 13.2 Å². The summed E-state index contributed by atoms with van der Waals surface area (Å²) in [6.45, 7) is 2.07. The molecule has 0 saturated heterocycles. The Balaban J connectivity index is 1.52. The molecule has 2 heterocycles. The van der Waals surface area contributed by atoms with E-state index >= 15 is 0 Å². The van der Waals surface area contributed by atoms with Gasteiger partial charge in [-0.1, -0.05) is 71.0 Å². The molecular formula is C26H20N4O6. The Kier molecular flexibility index (Phi) is 6.39. The summed E-state index contributed by atoms with van der Waals surface area (Å²) in [6, 6.07) is 23.4. The van der Waals surface area contributed by atoms with Crippen molar-refractivity contribution in [3.63, 3.8) is 0 Å². The van der Waals surface area contributed by atoms with Crippen LogP contribution in [0.2, 0.25) is 0 Å². The first kappa shape index (κ1) is 22.8. The van der Waals surface area contributed by atoms with Crippen molar-refractivity contribution in [3.05, 3.63) is 106 Å². The molecule has 5 rings (SSSR count). The molecule has 0 aliphatic heterocycles. The zero-order valence-corrected chi connectivity index (χ0v) is 19.2. The maximum atomic E-state index is 12.1. The van der Waals surface area contributed by atoms with Crippen LogP contribution in [0.1, 0.15) is 16.8 Å². The standard InChI is InChI=1S/C26H20N4O6/c1-17-12-23(35-28-17)25-27-26(36-29-25)20-13-21(30(31)32)24(34-16-19-10-6-3-7-11-19)22(14-20)33-15-18-8-4-2-5-9-18/h2-14H,15-16H2,1H3. The molecule has 0 bridgehead atoms. The lowest BCUT2D eigenvalue weighted by molar-refractivity contribution is -0.386. The van der Waals surface area contributed by atoms with E-state index in [9.17, 15) is 10.1 Å². The number of nitrogens with zero attached hydrogens (tertiary/aromatic N) is 4. The van der Waals surface area contributed by atoms with Gasteiger partial charge in [0, 0.05) is 12.1 Å². The molecule has 0 aliphatic carbocycles. The molecule has 5 aromatic rings. The van der Waals surface area contributed by atoms with Gasteiger partial charge >= 0.3 is 5.69 Å². The fraction of sp³-hybridized carbons (Fsp3) is 0.115. The Hall–Kier alpha value is -4.99. The van der Waals surface area contributed by atoms with Gasteiger partial charge in [-0.25, -0.2) is 0 Å². The van der Waals surface area contributed by atoms with Crippen LogP contribution >= 0.6 is 0 Å². The van der Waals surface area contributed by atoms with Gasteiger partial charge in [-0.15, -0.1) is 0 Å². The van der Waals surface area contributed by atoms with Crippen molar-refractivity contribution >= 4 is 5.69 Å². The highest BCUT2D eigenvalue weighted by atomic mass is 16.6. The van der Waals surface area contributed by atoms with Crippen LogP contribution in [-0.4, -0.2) is 20.2 Å². The second-order valence-electron chi connectivity index (χ2n) is 7.88. The monoisotopic (exact) mass is 484 g/mol. The highest BCUT2D eigenvalue weighted by Gasteiger charge is 2.26. The van der Waals surface area contributed by atoms with E-state index in [-0.39, 0.29) is 42.1 Å². The second kappa shape index (κ2) is 10.1. The minimum absolute atomic E-state index is 0.00846. The van der Waals surface area contributed by atoms with E-state index in [1.165, 1.54) is 6.07 Å². The van der Waals surface area contributed by atoms with E-state index in [4.69, 9.17) is 18.5 Å². The van der Waals surface area contributed by atoms with Gasteiger partial charge in [-0.05, 0) is 24.1 Å². The van der Waals surface area contributed by atoms with Crippen LogP contribution in [0.15, 0.2) is 87.9 Å². The van der Waals surface area contributed by atoms with Crippen LogP contribution in [0, 0.1) is 17.0 Å². The summed E-state index contributed by atoms with van der Waals surface area (Å²) in [4.78, 5) is 15.8. The molecule has 180 valence electrons. The molecule has 0 aliphatic rings. The van der Waals surface area contributed by atoms with Crippen molar-refractivity contribution in [3.8, 4) is 34.5 Å². The van der Waals surface area contributed by atoms with E-state index in [0.717, 1.165) is 11.1 Å². The van der Waals surface area contributed by atoms with Crippen LogP contribution in [-0.2, 0) is 13.2 Å². The zero-order valence-electron chi connectivity index (χ0n) is 19.2. The molecule has 3 aromatic carbocycles. The average molecular weight is 484 g/mol. The summed E-state index contributed by atoms with van der Waals surface area (Å²) in [5.74, 6) is 0.731. The Morgan fingerprint density at radius 1 is 0.861 bits per heavy atom. The first-order valence-corrected chi connectivity index (χ1v) is 11.0. The topological polar surface area (TPSA) is 127 Å². The summed E-state index contributed by atoms with van der Waals surface area (Å²) >= 11 is 0. The molecule has 10 nitrogen and oxygen atoms in total. The minimum Gasteiger partial charge on any atom is -0.485 e. The number of aryl methyl sites for hydroxylation is 1. The third-order valence-corrected chi connectivity index (χ3v) is 5.22. The molecule has 0 amide bonds. The third-order valence-electron chi connectivity index (χ3n) is 5.22. The predicted octanol–water partition coefficient (Wildman–Crippen LogP) is 5.77. The van der Waals surface area contributed by atoms with Crippen molar-refractivity contribution in [1.82, 2.24) is 15.3 Å². The molecule has 2 aromatic heterocycles. The smallest absolute Gasteiger partial charge is 0.315 e. The minimum atomic E-state index is -0.531. The van der Waals surface area contributed by atoms with E-state index in [0.29, 0.717) is 17.0 Å². The highest BCUT2D eigenvalue weighted by Crippen LogP contribution is 2.42. The van der Waals surface area contributed by atoms with Crippen molar-refractivity contribution in [2.75, 3.05) is 0 Å². The van der Waals surface area contributed by atoms with Gasteiger partial charge in [0.15, 0.2) is 5.75 Å². The first-order valence-electron chi connectivity index (χ1n) is 11.0. The molecule has 0 fully saturated rings. The number of aromatic nitrogens is 3. The number of rotatable bonds is 9. The molecule has 0 N–H and O–H groups in total. The van der Waals surface area contributed by atoms with Gasteiger partial charge in [0.25, 0.3) is 5.89 Å². The summed E-state index contributed by atoms with van der Waals surface area (Å²) in [7, 11) is 0.